The maximum Gasteiger partial charge on any atom is 0.123 e. The fourth-order valence-electron chi connectivity index (χ4n) is 2.41. The van der Waals surface area contributed by atoms with Gasteiger partial charge in [0.25, 0.3) is 0 Å². The standard InChI is InChI=1S/C15H21FO2/c16-13-6-4-12(5-7-13)11-14(17)8-9-15-3-1-2-10-18-15/h4-7,14-15,17H,1-3,8-11H2. The maximum atomic E-state index is 12.7. The van der Waals surface area contributed by atoms with E-state index < -0.39 is 0 Å². The molecular formula is C15H21FO2. The zero-order valence-corrected chi connectivity index (χ0v) is 10.6. The molecule has 18 heavy (non-hydrogen) atoms. The first-order valence-corrected chi connectivity index (χ1v) is 6.78. The highest BCUT2D eigenvalue weighted by Crippen LogP contribution is 2.18. The number of hydrogen-bond donors (Lipinski definition) is 1. The summed E-state index contributed by atoms with van der Waals surface area (Å²) in [4.78, 5) is 0. The van der Waals surface area contributed by atoms with Gasteiger partial charge in [0.05, 0.1) is 12.2 Å². The van der Waals surface area contributed by atoms with E-state index in [0.717, 1.165) is 37.9 Å². The monoisotopic (exact) mass is 252 g/mol. The van der Waals surface area contributed by atoms with Crippen LogP contribution in [0, 0.1) is 5.82 Å². The van der Waals surface area contributed by atoms with E-state index in [-0.39, 0.29) is 11.9 Å². The minimum Gasteiger partial charge on any atom is -0.393 e. The summed E-state index contributed by atoms with van der Waals surface area (Å²) in [6.45, 7) is 0.860. The minimum atomic E-state index is -0.360. The van der Waals surface area contributed by atoms with Gasteiger partial charge in [0, 0.05) is 6.61 Å². The first-order chi connectivity index (χ1) is 8.74. The normalized spacial score (nSPS) is 21.8. The molecule has 0 spiro atoms. The third kappa shape index (κ3) is 4.39. The molecule has 100 valence electrons. The smallest absolute Gasteiger partial charge is 0.123 e. The Balaban J connectivity index is 1.71. The summed E-state index contributed by atoms with van der Waals surface area (Å²) in [5, 5.41) is 9.95. The molecule has 1 N–H and O–H groups in total. The molecule has 2 rings (SSSR count). The lowest BCUT2D eigenvalue weighted by Gasteiger charge is -2.23. The molecule has 1 aliphatic rings. The van der Waals surface area contributed by atoms with Crippen LogP contribution in [-0.2, 0) is 11.2 Å². The van der Waals surface area contributed by atoms with Crippen LogP contribution in [0.2, 0.25) is 0 Å². The lowest BCUT2D eigenvalue weighted by Crippen LogP contribution is -2.21. The van der Waals surface area contributed by atoms with Crippen molar-refractivity contribution in [2.75, 3.05) is 6.61 Å². The summed E-state index contributed by atoms with van der Waals surface area (Å²) in [5.74, 6) is -0.233. The Bertz CT molecular complexity index is 344. The Morgan fingerprint density at radius 1 is 1.28 bits per heavy atom. The average Bonchev–Trinajstić information content (AvgIpc) is 2.40. The van der Waals surface area contributed by atoms with E-state index in [2.05, 4.69) is 0 Å². The molecule has 2 nitrogen and oxygen atoms in total. The number of ether oxygens (including phenoxy) is 1. The number of hydrogen-bond acceptors (Lipinski definition) is 2. The Kier molecular flexibility index (Phi) is 5.14. The third-order valence-electron chi connectivity index (χ3n) is 3.48. The van der Waals surface area contributed by atoms with Gasteiger partial charge >= 0.3 is 0 Å². The van der Waals surface area contributed by atoms with Crippen LogP contribution in [0.4, 0.5) is 4.39 Å². The molecule has 1 aromatic rings. The van der Waals surface area contributed by atoms with E-state index in [4.69, 9.17) is 4.74 Å². The molecule has 1 fully saturated rings. The summed E-state index contributed by atoms with van der Waals surface area (Å²) < 4.78 is 18.4. The van der Waals surface area contributed by atoms with Crippen molar-refractivity contribution >= 4 is 0 Å². The fourth-order valence-corrected chi connectivity index (χ4v) is 2.41. The molecule has 1 aliphatic heterocycles. The SMILES string of the molecule is OC(CCC1CCCCO1)Cc1ccc(F)cc1. The highest BCUT2D eigenvalue weighted by molar-refractivity contribution is 5.16. The summed E-state index contributed by atoms with van der Waals surface area (Å²) in [6.07, 6.45) is 5.73. The van der Waals surface area contributed by atoms with E-state index in [9.17, 15) is 9.50 Å². The van der Waals surface area contributed by atoms with E-state index in [1.807, 2.05) is 0 Å². The zero-order chi connectivity index (χ0) is 12.8. The van der Waals surface area contributed by atoms with E-state index >= 15 is 0 Å². The molecule has 0 aliphatic carbocycles. The Labute approximate surface area is 108 Å². The van der Waals surface area contributed by atoms with Crippen molar-refractivity contribution in [2.24, 2.45) is 0 Å². The molecule has 1 saturated heterocycles. The second kappa shape index (κ2) is 6.86. The number of aliphatic hydroxyl groups is 1. The fraction of sp³-hybridized carbons (Fsp3) is 0.600. The molecular weight excluding hydrogens is 231 g/mol. The lowest BCUT2D eigenvalue weighted by atomic mass is 9.99. The van der Waals surface area contributed by atoms with Crippen LogP contribution < -0.4 is 0 Å². The van der Waals surface area contributed by atoms with E-state index in [1.54, 1.807) is 12.1 Å². The largest absolute Gasteiger partial charge is 0.393 e. The summed E-state index contributed by atoms with van der Waals surface area (Å²) in [5.41, 5.74) is 0.980. The highest BCUT2D eigenvalue weighted by atomic mass is 19.1. The van der Waals surface area contributed by atoms with Gasteiger partial charge in [-0.15, -0.1) is 0 Å². The van der Waals surface area contributed by atoms with Gasteiger partial charge in [0.2, 0.25) is 0 Å². The van der Waals surface area contributed by atoms with Crippen LogP contribution in [0.3, 0.4) is 0 Å². The highest BCUT2D eigenvalue weighted by Gasteiger charge is 2.15. The van der Waals surface area contributed by atoms with Gasteiger partial charge in [-0.3, -0.25) is 0 Å². The molecule has 3 heteroatoms. The van der Waals surface area contributed by atoms with E-state index in [1.165, 1.54) is 18.6 Å². The van der Waals surface area contributed by atoms with Crippen LogP contribution in [0.5, 0.6) is 0 Å². The summed E-state index contributed by atoms with van der Waals surface area (Å²) in [6, 6.07) is 6.34. The quantitative estimate of drug-likeness (QED) is 0.872. The molecule has 0 saturated carbocycles. The van der Waals surface area contributed by atoms with Crippen LogP contribution in [0.1, 0.15) is 37.7 Å². The predicted octanol–water partition coefficient (Wildman–Crippen LogP) is 3.08. The van der Waals surface area contributed by atoms with Gasteiger partial charge in [0.15, 0.2) is 0 Å². The molecule has 0 bridgehead atoms. The van der Waals surface area contributed by atoms with Gasteiger partial charge in [-0.2, -0.15) is 0 Å². The Morgan fingerprint density at radius 3 is 2.72 bits per heavy atom. The zero-order valence-electron chi connectivity index (χ0n) is 10.6. The Morgan fingerprint density at radius 2 is 2.06 bits per heavy atom. The van der Waals surface area contributed by atoms with Crippen LogP contribution in [-0.4, -0.2) is 23.9 Å². The second-order valence-corrected chi connectivity index (χ2v) is 5.05. The first-order valence-electron chi connectivity index (χ1n) is 6.78. The van der Waals surface area contributed by atoms with Crippen LogP contribution >= 0.6 is 0 Å². The van der Waals surface area contributed by atoms with Crippen LogP contribution in [0.15, 0.2) is 24.3 Å². The number of rotatable bonds is 5. The minimum absolute atomic E-state index is 0.233. The van der Waals surface area contributed by atoms with Gasteiger partial charge in [-0.1, -0.05) is 12.1 Å². The average molecular weight is 252 g/mol. The van der Waals surface area contributed by atoms with Crippen molar-refractivity contribution < 1.29 is 14.2 Å². The lowest BCUT2D eigenvalue weighted by molar-refractivity contribution is 0.00234. The van der Waals surface area contributed by atoms with Crippen LogP contribution in [0.25, 0.3) is 0 Å². The van der Waals surface area contributed by atoms with Crippen molar-refractivity contribution in [3.63, 3.8) is 0 Å². The summed E-state index contributed by atoms with van der Waals surface area (Å²) in [7, 11) is 0. The summed E-state index contributed by atoms with van der Waals surface area (Å²) >= 11 is 0. The molecule has 2 atom stereocenters. The predicted molar refractivity (Wildman–Crippen MR) is 68.9 cm³/mol. The molecule has 1 aromatic carbocycles. The molecule has 1 heterocycles. The first kappa shape index (κ1) is 13.5. The maximum absolute atomic E-state index is 12.7. The van der Waals surface area contributed by atoms with Gasteiger partial charge in [0.1, 0.15) is 5.82 Å². The van der Waals surface area contributed by atoms with Gasteiger partial charge < -0.3 is 9.84 Å². The van der Waals surface area contributed by atoms with Crippen molar-refractivity contribution in [3.8, 4) is 0 Å². The molecule has 0 amide bonds. The van der Waals surface area contributed by atoms with Crippen molar-refractivity contribution in [2.45, 2.75) is 50.7 Å². The van der Waals surface area contributed by atoms with Gasteiger partial charge in [-0.25, -0.2) is 4.39 Å². The molecule has 0 radical (unpaired) electrons. The molecule has 0 aromatic heterocycles. The second-order valence-electron chi connectivity index (χ2n) is 5.05. The van der Waals surface area contributed by atoms with Crippen molar-refractivity contribution in [1.82, 2.24) is 0 Å². The number of benzene rings is 1. The number of aliphatic hydroxyl groups excluding tert-OH is 1. The van der Waals surface area contributed by atoms with Crippen molar-refractivity contribution in [1.29, 1.82) is 0 Å². The number of halogens is 1. The topological polar surface area (TPSA) is 29.5 Å². The van der Waals surface area contributed by atoms with Crippen molar-refractivity contribution in [3.05, 3.63) is 35.6 Å². The Hall–Kier alpha value is -0.930. The van der Waals surface area contributed by atoms with Gasteiger partial charge in [-0.05, 0) is 56.2 Å². The van der Waals surface area contributed by atoms with E-state index in [0.29, 0.717) is 12.5 Å². The molecule has 2 unspecified atom stereocenters. The third-order valence-corrected chi connectivity index (χ3v) is 3.48.